The van der Waals surface area contributed by atoms with Gasteiger partial charge in [-0.2, -0.15) is 0 Å². The van der Waals surface area contributed by atoms with Crippen LogP contribution in [0.1, 0.15) is 33.4 Å². The summed E-state index contributed by atoms with van der Waals surface area (Å²) >= 11 is 1.95. The Balaban J connectivity index is 1.03. The Morgan fingerprint density at radius 2 is 1.23 bits per heavy atom. The molecule has 0 saturated carbocycles. The molecule has 1 spiro atoms. The minimum Gasteiger partial charge on any atom is -0.311 e. The molecule has 326 valence electrons. The Morgan fingerprint density at radius 1 is 0.500 bits per heavy atom. The number of aryl methyl sites for hydroxylation is 2. The molecule has 0 saturated heterocycles. The Labute approximate surface area is 410 Å². The Kier molecular flexibility index (Phi) is 7.62. The standard InChI is InChI=1S/C64H41BN4S/c1-38-29-31-54-50(34-38)65-60-56(67(41-16-4-3-5-17-41)62-45-20-8-11-28-58(45)70-63(62)65)35-39(2)36-57(60)68(54)55-27-15-23-47-59(55)44-19-6-9-22-46(44)64(47)48-24-14-21-43-42-18-7-10-26-52(42)69(61(43)48)53-32-30-40(37-49(53)64)51-25-12-13-33-66-51/h3-37H,1-2H3. The van der Waals surface area contributed by atoms with Gasteiger partial charge < -0.3 is 14.4 Å². The van der Waals surface area contributed by atoms with Crippen LogP contribution in [0.25, 0.3) is 60.0 Å². The maximum absolute atomic E-state index is 4.92. The molecule has 70 heavy (non-hydrogen) atoms. The van der Waals surface area contributed by atoms with E-state index < -0.39 is 5.41 Å². The van der Waals surface area contributed by atoms with Crippen molar-refractivity contribution < 1.29 is 0 Å². The highest BCUT2D eigenvalue weighted by Crippen LogP contribution is 2.64. The van der Waals surface area contributed by atoms with Gasteiger partial charge >= 0.3 is 0 Å². The normalized spacial score (nSPS) is 15.5. The summed E-state index contributed by atoms with van der Waals surface area (Å²) in [5, 5.41) is 3.84. The molecule has 1 unspecified atom stereocenters. The Morgan fingerprint density at radius 3 is 2.11 bits per heavy atom. The summed E-state index contributed by atoms with van der Waals surface area (Å²) in [6.45, 7) is 4.58. The number of hydrogen-bond acceptors (Lipinski definition) is 4. The van der Waals surface area contributed by atoms with E-state index in [1.165, 1.54) is 132 Å². The number of para-hydroxylation sites is 3. The average Bonchev–Trinajstić information content (AvgIpc) is 4.06. The lowest BCUT2D eigenvalue weighted by atomic mass is 9.36. The van der Waals surface area contributed by atoms with E-state index in [9.17, 15) is 0 Å². The molecule has 3 aliphatic heterocycles. The molecule has 4 aliphatic rings. The zero-order chi connectivity index (χ0) is 46.0. The van der Waals surface area contributed by atoms with Gasteiger partial charge in [0.05, 0.1) is 39.2 Å². The van der Waals surface area contributed by atoms with Crippen LogP contribution in [-0.4, -0.2) is 16.3 Å². The van der Waals surface area contributed by atoms with Crippen molar-refractivity contribution in [3.05, 3.63) is 246 Å². The molecule has 12 aromatic rings. The van der Waals surface area contributed by atoms with Crippen molar-refractivity contribution in [1.82, 2.24) is 9.55 Å². The number of thiophene rings is 1. The predicted octanol–water partition coefficient (Wildman–Crippen LogP) is 14.4. The van der Waals surface area contributed by atoms with E-state index >= 15 is 0 Å². The fourth-order valence-electron chi connectivity index (χ4n) is 13.3. The van der Waals surface area contributed by atoms with Gasteiger partial charge in [0.15, 0.2) is 0 Å². The summed E-state index contributed by atoms with van der Waals surface area (Å²) in [5.41, 5.74) is 25.3. The van der Waals surface area contributed by atoms with E-state index in [1.807, 2.05) is 23.6 Å². The molecule has 0 fully saturated rings. The quantitative estimate of drug-likeness (QED) is 0.165. The van der Waals surface area contributed by atoms with Gasteiger partial charge in [-0.3, -0.25) is 4.98 Å². The van der Waals surface area contributed by atoms with Gasteiger partial charge in [0.25, 0.3) is 6.71 Å². The number of rotatable bonds is 3. The lowest BCUT2D eigenvalue weighted by Gasteiger charge is -2.44. The van der Waals surface area contributed by atoms with Gasteiger partial charge in [0.2, 0.25) is 0 Å². The maximum Gasteiger partial charge on any atom is 0.264 e. The first-order chi connectivity index (χ1) is 34.6. The minimum absolute atomic E-state index is 0.0502. The second kappa shape index (κ2) is 13.8. The van der Waals surface area contributed by atoms with E-state index in [-0.39, 0.29) is 6.71 Å². The molecule has 0 bridgehead atoms. The van der Waals surface area contributed by atoms with E-state index in [4.69, 9.17) is 4.98 Å². The topological polar surface area (TPSA) is 24.3 Å². The van der Waals surface area contributed by atoms with Crippen LogP contribution in [0.5, 0.6) is 0 Å². The molecule has 4 nitrogen and oxygen atoms in total. The first-order valence-corrected chi connectivity index (χ1v) is 25.1. The highest BCUT2D eigenvalue weighted by atomic mass is 32.1. The largest absolute Gasteiger partial charge is 0.311 e. The molecular weight excluding hydrogens is 868 g/mol. The molecular formula is C64H41BN4S. The van der Waals surface area contributed by atoms with Crippen LogP contribution in [0.4, 0.5) is 34.1 Å². The first kappa shape index (κ1) is 38.5. The molecule has 0 radical (unpaired) electrons. The van der Waals surface area contributed by atoms with E-state index in [0.717, 1.165) is 11.3 Å². The van der Waals surface area contributed by atoms with Crippen molar-refractivity contribution in [3.8, 4) is 28.1 Å². The van der Waals surface area contributed by atoms with Crippen molar-refractivity contribution in [2.24, 2.45) is 0 Å². The van der Waals surface area contributed by atoms with Gasteiger partial charge in [-0.15, -0.1) is 11.3 Å². The molecule has 0 N–H and O–H groups in total. The van der Waals surface area contributed by atoms with Gasteiger partial charge in [-0.25, -0.2) is 0 Å². The fraction of sp³-hybridized carbons (Fsp3) is 0.0469. The SMILES string of the molecule is Cc1ccc2c(c1)B1c3sc4ccccc4c3N(c3ccccc3)c3cc(C)cc(c31)N2c1cccc2c1-c1ccccc1C21c2cc(-c3ccccn3)ccc2-n2c3ccccc3c3cccc1c32. The zero-order valence-corrected chi connectivity index (χ0v) is 39.3. The summed E-state index contributed by atoms with van der Waals surface area (Å²) in [4.78, 5) is 10.1. The Bertz CT molecular complexity index is 4250. The van der Waals surface area contributed by atoms with Crippen LogP contribution >= 0.6 is 11.3 Å². The molecule has 16 rings (SSSR count). The number of hydrogen-bond donors (Lipinski definition) is 0. The average molecular weight is 909 g/mol. The number of benzene rings is 9. The number of aromatic nitrogens is 2. The van der Waals surface area contributed by atoms with E-state index in [2.05, 4.69) is 228 Å². The van der Waals surface area contributed by atoms with E-state index in [1.54, 1.807) is 0 Å². The monoisotopic (exact) mass is 908 g/mol. The van der Waals surface area contributed by atoms with Gasteiger partial charge in [-0.05, 0) is 131 Å². The summed E-state index contributed by atoms with van der Waals surface area (Å²) in [5.74, 6) is 0. The second-order valence-electron chi connectivity index (χ2n) is 19.5. The highest BCUT2D eigenvalue weighted by Gasteiger charge is 2.53. The van der Waals surface area contributed by atoms with Crippen LogP contribution in [0.3, 0.4) is 0 Å². The third-order valence-corrected chi connectivity index (χ3v) is 17.1. The summed E-state index contributed by atoms with van der Waals surface area (Å²) in [7, 11) is 0. The molecule has 1 atom stereocenters. The molecule has 3 aromatic heterocycles. The van der Waals surface area contributed by atoms with Crippen LogP contribution in [0.15, 0.2) is 212 Å². The molecule has 0 amide bonds. The number of nitrogens with zero attached hydrogens (tertiary/aromatic N) is 4. The number of pyridine rings is 1. The molecule has 6 heteroatoms. The van der Waals surface area contributed by atoms with Gasteiger partial charge in [-0.1, -0.05) is 139 Å². The van der Waals surface area contributed by atoms with Crippen molar-refractivity contribution in [2.75, 3.05) is 9.80 Å². The molecule has 9 aromatic carbocycles. The number of anilines is 6. The first-order valence-electron chi connectivity index (χ1n) is 24.3. The van der Waals surface area contributed by atoms with Gasteiger partial charge in [0.1, 0.15) is 0 Å². The second-order valence-corrected chi connectivity index (χ2v) is 20.6. The third-order valence-electron chi connectivity index (χ3n) is 15.9. The van der Waals surface area contributed by atoms with Crippen molar-refractivity contribution in [2.45, 2.75) is 19.3 Å². The predicted molar refractivity (Wildman–Crippen MR) is 294 cm³/mol. The molecule has 6 heterocycles. The summed E-state index contributed by atoms with van der Waals surface area (Å²) < 4.78 is 5.24. The van der Waals surface area contributed by atoms with E-state index in [0.29, 0.717) is 0 Å². The zero-order valence-electron chi connectivity index (χ0n) is 38.5. The molecule has 1 aliphatic carbocycles. The maximum atomic E-state index is 4.92. The highest BCUT2D eigenvalue weighted by molar-refractivity contribution is 7.33. The van der Waals surface area contributed by atoms with Crippen LogP contribution in [0, 0.1) is 13.8 Å². The van der Waals surface area contributed by atoms with Crippen LogP contribution < -0.4 is 25.5 Å². The lowest BCUT2D eigenvalue weighted by molar-refractivity contribution is 0.749. The smallest absolute Gasteiger partial charge is 0.264 e. The minimum atomic E-state index is -0.650. The Hall–Kier alpha value is -8.45. The van der Waals surface area contributed by atoms with Crippen LogP contribution in [0.2, 0.25) is 0 Å². The van der Waals surface area contributed by atoms with Gasteiger partial charge in [0, 0.05) is 65.7 Å². The van der Waals surface area contributed by atoms with Crippen molar-refractivity contribution in [3.63, 3.8) is 0 Å². The fourth-order valence-corrected chi connectivity index (χ4v) is 14.6. The van der Waals surface area contributed by atoms with Crippen molar-refractivity contribution >= 4 is 99.8 Å². The summed E-state index contributed by atoms with van der Waals surface area (Å²) in [6, 6.07) is 77.8. The van der Waals surface area contributed by atoms with Crippen molar-refractivity contribution in [1.29, 1.82) is 0 Å². The van der Waals surface area contributed by atoms with Crippen LogP contribution in [-0.2, 0) is 5.41 Å². The number of fused-ring (bicyclic) bond motifs is 18. The summed E-state index contributed by atoms with van der Waals surface area (Å²) in [6.07, 6.45) is 1.91. The third kappa shape index (κ3) is 4.79. The lowest BCUT2D eigenvalue weighted by Crippen LogP contribution is -2.60.